The van der Waals surface area contributed by atoms with Gasteiger partial charge in [0.1, 0.15) is 0 Å². The number of alkyl halides is 1. The lowest BCUT2D eigenvalue weighted by Gasteiger charge is -2.38. The van der Waals surface area contributed by atoms with Gasteiger partial charge in [-0.2, -0.15) is 0 Å². The zero-order chi connectivity index (χ0) is 13.2. The molecule has 0 radical (unpaired) electrons. The van der Waals surface area contributed by atoms with Gasteiger partial charge in [0.2, 0.25) is 0 Å². The Morgan fingerprint density at radius 1 is 1.44 bits per heavy atom. The van der Waals surface area contributed by atoms with Gasteiger partial charge in [-0.25, -0.2) is 0 Å². The van der Waals surface area contributed by atoms with Crippen molar-refractivity contribution in [2.45, 2.75) is 32.6 Å². The van der Waals surface area contributed by atoms with Crippen LogP contribution in [0.2, 0.25) is 0 Å². The summed E-state index contributed by atoms with van der Waals surface area (Å²) in [6.07, 6.45) is 2.28. The van der Waals surface area contributed by atoms with E-state index in [1.54, 1.807) is 0 Å². The molecule has 0 N–H and O–H groups in total. The second kappa shape index (κ2) is 5.31. The largest absolute Gasteiger partial charge is 0.338 e. The van der Waals surface area contributed by atoms with Crippen molar-refractivity contribution in [1.82, 2.24) is 4.90 Å². The fourth-order valence-corrected chi connectivity index (χ4v) is 2.73. The maximum absolute atomic E-state index is 12.4. The van der Waals surface area contributed by atoms with Crippen LogP contribution in [0, 0.1) is 5.41 Å². The van der Waals surface area contributed by atoms with Gasteiger partial charge in [-0.3, -0.25) is 4.79 Å². The van der Waals surface area contributed by atoms with E-state index >= 15 is 0 Å². The SMILES string of the molecule is CC1(C)CCCN(C(=O)c2cccc(CCl)c2)C1. The minimum atomic E-state index is 0.134. The zero-order valence-corrected chi connectivity index (χ0v) is 11.8. The smallest absolute Gasteiger partial charge is 0.253 e. The van der Waals surface area contributed by atoms with E-state index in [4.69, 9.17) is 11.6 Å². The second-order valence-electron chi connectivity index (χ2n) is 5.83. The standard InChI is InChI=1S/C15H20ClNO/c1-15(2)7-4-8-17(11-15)14(18)13-6-3-5-12(9-13)10-16/h3,5-6,9H,4,7-8,10-11H2,1-2H3. The molecule has 1 aliphatic heterocycles. The van der Waals surface area contributed by atoms with Crippen LogP contribution in [0.25, 0.3) is 0 Å². The summed E-state index contributed by atoms with van der Waals surface area (Å²) in [5.41, 5.74) is 1.99. The van der Waals surface area contributed by atoms with Gasteiger partial charge in [0.25, 0.3) is 5.91 Å². The molecule has 1 amide bonds. The molecule has 1 saturated heterocycles. The number of halogens is 1. The van der Waals surface area contributed by atoms with E-state index in [2.05, 4.69) is 13.8 Å². The maximum Gasteiger partial charge on any atom is 0.253 e. The molecule has 1 aromatic rings. The molecule has 1 fully saturated rings. The molecule has 3 heteroatoms. The van der Waals surface area contributed by atoms with Gasteiger partial charge in [0, 0.05) is 24.5 Å². The van der Waals surface area contributed by atoms with Crippen molar-refractivity contribution < 1.29 is 4.79 Å². The van der Waals surface area contributed by atoms with Crippen LogP contribution < -0.4 is 0 Å². The number of piperidine rings is 1. The number of nitrogens with zero attached hydrogens (tertiary/aromatic N) is 1. The molecule has 0 saturated carbocycles. The lowest BCUT2D eigenvalue weighted by molar-refractivity contribution is 0.0583. The third-order valence-corrected chi connectivity index (χ3v) is 3.82. The molecule has 2 rings (SSSR count). The van der Waals surface area contributed by atoms with Crippen LogP contribution in [0.5, 0.6) is 0 Å². The van der Waals surface area contributed by atoms with Crippen molar-refractivity contribution >= 4 is 17.5 Å². The molecule has 0 bridgehead atoms. The second-order valence-corrected chi connectivity index (χ2v) is 6.10. The number of carbonyl (C=O) groups is 1. The van der Waals surface area contributed by atoms with Gasteiger partial charge < -0.3 is 4.90 Å². The lowest BCUT2D eigenvalue weighted by atomic mass is 9.84. The molecular formula is C15H20ClNO. The highest BCUT2D eigenvalue weighted by Crippen LogP contribution is 2.29. The van der Waals surface area contributed by atoms with Crippen LogP contribution in [-0.2, 0) is 5.88 Å². The predicted molar refractivity (Wildman–Crippen MR) is 74.9 cm³/mol. The van der Waals surface area contributed by atoms with Crippen molar-refractivity contribution in [3.8, 4) is 0 Å². The van der Waals surface area contributed by atoms with Crippen LogP contribution in [0.15, 0.2) is 24.3 Å². The van der Waals surface area contributed by atoms with E-state index in [9.17, 15) is 4.79 Å². The number of carbonyl (C=O) groups excluding carboxylic acids is 1. The molecule has 1 aliphatic rings. The maximum atomic E-state index is 12.4. The van der Waals surface area contributed by atoms with Crippen LogP contribution in [0.1, 0.15) is 42.6 Å². The minimum Gasteiger partial charge on any atom is -0.338 e. The first kappa shape index (κ1) is 13.4. The van der Waals surface area contributed by atoms with E-state index in [0.29, 0.717) is 5.88 Å². The number of rotatable bonds is 2. The average Bonchev–Trinajstić information content (AvgIpc) is 2.37. The van der Waals surface area contributed by atoms with Crippen LogP contribution in [0.4, 0.5) is 0 Å². The first-order valence-electron chi connectivity index (χ1n) is 6.46. The van der Waals surface area contributed by atoms with E-state index in [1.807, 2.05) is 29.2 Å². The average molecular weight is 266 g/mol. The molecule has 18 heavy (non-hydrogen) atoms. The van der Waals surface area contributed by atoms with E-state index in [1.165, 1.54) is 6.42 Å². The minimum absolute atomic E-state index is 0.134. The summed E-state index contributed by atoms with van der Waals surface area (Å²) in [5.74, 6) is 0.585. The molecular weight excluding hydrogens is 246 g/mol. The molecule has 0 unspecified atom stereocenters. The molecule has 1 heterocycles. The van der Waals surface area contributed by atoms with Crippen molar-refractivity contribution in [3.05, 3.63) is 35.4 Å². The number of hydrogen-bond acceptors (Lipinski definition) is 1. The van der Waals surface area contributed by atoms with Crippen molar-refractivity contribution in [1.29, 1.82) is 0 Å². The number of likely N-dealkylation sites (tertiary alicyclic amines) is 1. The Morgan fingerprint density at radius 2 is 2.22 bits per heavy atom. The fraction of sp³-hybridized carbons (Fsp3) is 0.533. The van der Waals surface area contributed by atoms with Crippen LogP contribution >= 0.6 is 11.6 Å². The van der Waals surface area contributed by atoms with Gasteiger partial charge in [-0.1, -0.05) is 26.0 Å². The number of amides is 1. The quantitative estimate of drug-likeness (QED) is 0.747. The summed E-state index contributed by atoms with van der Waals surface area (Å²) < 4.78 is 0. The Hall–Kier alpha value is -1.02. The summed E-state index contributed by atoms with van der Waals surface area (Å²) in [6, 6.07) is 7.63. The zero-order valence-electron chi connectivity index (χ0n) is 11.1. The van der Waals surface area contributed by atoms with Gasteiger partial charge in [0.15, 0.2) is 0 Å². The fourth-order valence-electron chi connectivity index (χ4n) is 2.57. The monoisotopic (exact) mass is 265 g/mol. The highest BCUT2D eigenvalue weighted by molar-refractivity contribution is 6.17. The Bertz CT molecular complexity index is 442. The highest BCUT2D eigenvalue weighted by Gasteiger charge is 2.29. The first-order chi connectivity index (χ1) is 8.52. The molecule has 0 aliphatic carbocycles. The normalized spacial score (nSPS) is 18.7. The van der Waals surface area contributed by atoms with E-state index in [-0.39, 0.29) is 11.3 Å². The van der Waals surface area contributed by atoms with E-state index < -0.39 is 0 Å². The molecule has 0 spiro atoms. The number of benzene rings is 1. The van der Waals surface area contributed by atoms with Crippen LogP contribution in [-0.4, -0.2) is 23.9 Å². The Morgan fingerprint density at radius 3 is 2.89 bits per heavy atom. The van der Waals surface area contributed by atoms with Crippen molar-refractivity contribution in [2.75, 3.05) is 13.1 Å². The first-order valence-corrected chi connectivity index (χ1v) is 6.99. The molecule has 2 nitrogen and oxygen atoms in total. The third-order valence-electron chi connectivity index (χ3n) is 3.52. The predicted octanol–water partition coefficient (Wildman–Crippen LogP) is 3.69. The summed E-state index contributed by atoms with van der Waals surface area (Å²) in [5, 5.41) is 0. The topological polar surface area (TPSA) is 20.3 Å². The summed E-state index contributed by atoms with van der Waals surface area (Å²) in [7, 11) is 0. The van der Waals surface area contributed by atoms with Crippen LogP contribution in [0.3, 0.4) is 0 Å². The number of hydrogen-bond donors (Lipinski definition) is 0. The van der Waals surface area contributed by atoms with Crippen molar-refractivity contribution in [2.24, 2.45) is 5.41 Å². The molecule has 98 valence electrons. The molecule has 0 atom stereocenters. The van der Waals surface area contributed by atoms with E-state index in [0.717, 1.165) is 30.6 Å². The Balaban J connectivity index is 2.15. The summed E-state index contributed by atoms with van der Waals surface area (Å²) in [4.78, 5) is 14.4. The Kier molecular flexibility index (Phi) is 3.96. The highest BCUT2D eigenvalue weighted by atomic mass is 35.5. The van der Waals surface area contributed by atoms with Crippen molar-refractivity contribution in [3.63, 3.8) is 0 Å². The Labute approximate surface area is 114 Å². The van der Waals surface area contributed by atoms with Gasteiger partial charge in [-0.15, -0.1) is 11.6 Å². The molecule has 1 aromatic carbocycles. The lowest BCUT2D eigenvalue weighted by Crippen LogP contribution is -2.43. The summed E-state index contributed by atoms with van der Waals surface area (Å²) in [6.45, 7) is 6.16. The third kappa shape index (κ3) is 3.05. The molecule has 0 aromatic heterocycles. The van der Waals surface area contributed by atoms with Gasteiger partial charge in [-0.05, 0) is 36.0 Å². The van der Waals surface area contributed by atoms with Gasteiger partial charge in [0.05, 0.1) is 0 Å². The van der Waals surface area contributed by atoms with Gasteiger partial charge >= 0.3 is 0 Å². The summed E-state index contributed by atoms with van der Waals surface area (Å²) >= 11 is 5.81.